The summed E-state index contributed by atoms with van der Waals surface area (Å²) in [6.07, 6.45) is -1.31. The molecule has 94 valence electrons. The summed E-state index contributed by atoms with van der Waals surface area (Å²) in [6.45, 7) is 6.50. The highest BCUT2D eigenvalue weighted by Crippen LogP contribution is 2.17. The molecule has 0 aromatic rings. The second-order valence-corrected chi connectivity index (χ2v) is 4.57. The van der Waals surface area contributed by atoms with Crippen molar-refractivity contribution in [2.75, 3.05) is 0 Å². The van der Waals surface area contributed by atoms with Gasteiger partial charge in [-0.05, 0) is 27.7 Å². The van der Waals surface area contributed by atoms with E-state index in [4.69, 9.17) is 4.74 Å². The van der Waals surface area contributed by atoms with Crippen molar-refractivity contribution in [2.45, 2.75) is 45.8 Å². The molecule has 0 aliphatic rings. The van der Waals surface area contributed by atoms with Gasteiger partial charge in [0.2, 0.25) is 0 Å². The topological polar surface area (TPSA) is 98.9 Å². The summed E-state index contributed by atoms with van der Waals surface area (Å²) in [5.41, 5.74) is -0.670. The van der Waals surface area contributed by atoms with Crippen molar-refractivity contribution < 1.29 is 24.3 Å². The van der Waals surface area contributed by atoms with Gasteiger partial charge in [0.15, 0.2) is 0 Å². The van der Waals surface area contributed by atoms with Crippen LogP contribution >= 0.6 is 0 Å². The highest BCUT2D eigenvalue weighted by molar-refractivity contribution is 5.80. The fourth-order valence-electron chi connectivity index (χ4n) is 1.06. The normalized spacial score (nSPS) is 15.1. The van der Waals surface area contributed by atoms with Crippen molar-refractivity contribution in [1.82, 2.24) is 0 Å². The number of esters is 1. The first-order valence-corrected chi connectivity index (χ1v) is 4.98. The summed E-state index contributed by atoms with van der Waals surface area (Å²) < 4.78 is 5.06. The molecule has 0 amide bonds. The smallest absolute Gasteiger partial charge is 0.325 e. The Morgan fingerprint density at radius 2 is 1.88 bits per heavy atom. The Balaban J connectivity index is 4.54. The highest BCUT2D eigenvalue weighted by Gasteiger charge is 2.31. The minimum atomic E-state index is -1.01. The van der Waals surface area contributed by atoms with Crippen LogP contribution in [0.25, 0.3) is 0 Å². The van der Waals surface area contributed by atoms with Gasteiger partial charge in [-0.1, -0.05) is 0 Å². The van der Waals surface area contributed by atoms with Crippen molar-refractivity contribution in [3.05, 3.63) is 0 Å². The third-order valence-electron chi connectivity index (χ3n) is 1.81. The summed E-state index contributed by atoms with van der Waals surface area (Å²) in [5, 5.41) is 9.37. The van der Waals surface area contributed by atoms with E-state index in [2.05, 4.69) is 10.7 Å². The molecule has 0 radical (unpaired) electrons. The molecule has 0 saturated carbocycles. The molecule has 0 aromatic carbocycles. The number of ether oxygens (including phenoxy) is 1. The van der Waals surface area contributed by atoms with Crippen LogP contribution < -0.4 is 5.90 Å². The molecule has 0 bridgehead atoms. The summed E-state index contributed by atoms with van der Waals surface area (Å²) in [6, 6.07) is 0. The Bertz CT molecular complexity index is 256. The van der Waals surface area contributed by atoms with Crippen molar-refractivity contribution in [3.63, 3.8) is 0 Å². The van der Waals surface area contributed by atoms with Gasteiger partial charge in [-0.3, -0.25) is 9.59 Å². The largest absolute Gasteiger partial charge is 0.460 e. The van der Waals surface area contributed by atoms with Gasteiger partial charge in [0.1, 0.15) is 5.60 Å². The van der Waals surface area contributed by atoms with Crippen LogP contribution in [0.3, 0.4) is 0 Å². The zero-order valence-electron chi connectivity index (χ0n) is 10.0. The van der Waals surface area contributed by atoms with Crippen molar-refractivity contribution >= 4 is 11.9 Å². The van der Waals surface area contributed by atoms with E-state index >= 15 is 0 Å². The van der Waals surface area contributed by atoms with E-state index in [1.807, 2.05) is 0 Å². The van der Waals surface area contributed by atoms with Crippen molar-refractivity contribution in [3.8, 4) is 0 Å². The number of aliphatic hydroxyl groups is 1. The van der Waals surface area contributed by atoms with Gasteiger partial charge in [-0.25, -0.2) is 0 Å². The third kappa shape index (κ3) is 5.67. The van der Waals surface area contributed by atoms with Crippen molar-refractivity contribution in [1.29, 1.82) is 0 Å². The fraction of sp³-hybridized carbons (Fsp3) is 0.800. The van der Waals surface area contributed by atoms with E-state index in [0.717, 1.165) is 0 Å². The van der Waals surface area contributed by atoms with Gasteiger partial charge in [0.25, 0.3) is 0 Å². The van der Waals surface area contributed by atoms with Gasteiger partial charge in [0, 0.05) is 0 Å². The van der Waals surface area contributed by atoms with Crippen molar-refractivity contribution in [2.24, 2.45) is 11.8 Å². The second kappa shape index (κ2) is 5.81. The zero-order chi connectivity index (χ0) is 12.9. The monoisotopic (exact) mass is 233 g/mol. The molecule has 0 saturated heterocycles. The predicted octanol–water partition coefficient (Wildman–Crippen LogP) is 0.132. The van der Waals surface area contributed by atoms with Crippen LogP contribution in [0.15, 0.2) is 0 Å². The minimum Gasteiger partial charge on any atom is -0.460 e. The molecule has 3 N–H and O–H groups in total. The summed E-state index contributed by atoms with van der Waals surface area (Å²) in [5.74, 6) is 2.29. The van der Waals surface area contributed by atoms with E-state index in [0.29, 0.717) is 0 Å². The maximum Gasteiger partial charge on any atom is 0.325 e. The maximum atomic E-state index is 11.6. The van der Waals surface area contributed by atoms with E-state index < -0.39 is 29.6 Å². The van der Waals surface area contributed by atoms with E-state index in [9.17, 15) is 14.7 Å². The number of hydrogen-bond acceptors (Lipinski definition) is 6. The van der Waals surface area contributed by atoms with Crippen LogP contribution in [0, 0.1) is 5.92 Å². The first-order chi connectivity index (χ1) is 7.17. The van der Waals surface area contributed by atoms with Gasteiger partial charge >= 0.3 is 11.9 Å². The van der Waals surface area contributed by atoms with E-state index in [1.54, 1.807) is 20.8 Å². The average Bonchev–Trinajstić information content (AvgIpc) is 2.09. The average molecular weight is 233 g/mol. The fourth-order valence-corrected chi connectivity index (χ4v) is 1.06. The zero-order valence-corrected chi connectivity index (χ0v) is 10.0. The molecule has 0 aromatic heterocycles. The molecule has 0 heterocycles. The van der Waals surface area contributed by atoms with Gasteiger partial charge < -0.3 is 14.7 Å². The van der Waals surface area contributed by atoms with E-state index in [1.165, 1.54) is 6.92 Å². The molecule has 0 aliphatic heterocycles. The Morgan fingerprint density at radius 3 is 2.19 bits per heavy atom. The minimum absolute atomic E-state index is 0.302. The lowest BCUT2D eigenvalue weighted by Crippen LogP contribution is -2.35. The SMILES string of the molecule is CC(O)C(CC(=O)ON)C(=O)OC(C)(C)C. The van der Waals surface area contributed by atoms with Crippen LogP contribution in [0.5, 0.6) is 0 Å². The van der Waals surface area contributed by atoms with E-state index in [-0.39, 0.29) is 6.42 Å². The number of carbonyl (C=O) groups excluding carboxylic acids is 2. The van der Waals surface area contributed by atoms with Gasteiger partial charge in [0.05, 0.1) is 18.4 Å². The maximum absolute atomic E-state index is 11.6. The van der Waals surface area contributed by atoms with Gasteiger partial charge in [-0.2, -0.15) is 5.90 Å². The molecule has 2 unspecified atom stereocenters. The molecule has 0 fully saturated rings. The molecule has 0 aliphatic carbocycles. The first-order valence-electron chi connectivity index (χ1n) is 4.98. The summed E-state index contributed by atoms with van der Waals surface area (Å²) >= 11 is 0. The summed E-state index contributed by atoms with van der Waals surface area (Å²) in [4.78, 5) is 26.5. The molecular weight excluding hydrogens is 214 g/mol. The standard InChI is InChI=1S/C10H19NO5/c1-6(12)7(5-8(13)16-11)9(14)15-10(2,3)4/h6-7,12H,5,11H2,1-4H3. The molecule has 0 spiro atoms. The molecule has 0 rings (SSSR count). The molecule has 6 heteroatoms. The lowest BCUT2D eigenvalue weighted by Gasteiger charge is -2.24. The first kappa shape index (κ1) is 14.9. The number of aliphatic hydroxyl groups excluding tert-OH is 1. The lowest BCUT2D eigenvalue weighted by atomic mass is 9.99. The lowest BCUT2D eigenvalue weighted by molar-refractivity contribution is -0.168. The third-order valence-corrected chi connectivity index (χ3v) is 1.81. The Hall–Kier alpha value is -1.14. The van der Waals surface area contributed by atoms with Crippen LogP contribution in [0.4, 0.5) is 0 Å². The van der Waals surface area contributed by atoms with Crippen LogP contribution in [0.2, 0.25) is 0 Å². The van der Waals surface area contributed by atoms with Crippen LogP contribution in [-0.4, -0.2) is 28.8 Å². The van der Waals surface area contributed by atoms with Gasteiger partial charge in [-0.15, -0.1) is 0 Å². The van der Waals surface area contributed by atoms with Crippen LogP contribution in [-0.2, 0) is 19.2 Å². The number of carbonyl (C=O) groups is 2. The predicted molar refractivity (Wildman–Crippen MR) is 55.9 cm³/mol. The Labute approximate surface area is 94.7 Å². The summed E-state index contributed by atoms with van der Waals surface area (Å²) in [7, 11) is 0. The number of rotatable bonds is 4. The Kier molecular flexibility index (Phi) is 5.40. The number of nitrogens with two attached hydrogens (primary N) is 1. The molecular formula is C10H19NO5. The number of hydrogen-bond donors (Lipinski definition) is 2. The van der Waals surface area contributed by atoms with Crippen LogP contribution in [0.1, 0.15) is 34.1 Å². The highest BCUT2D eigenvalue weighted by atomic mass is 16.7. The molecule has 2 atom stereocenters. The Morgan fingerprint density at radius 1 is 1.38 bits per heavy atom. The second-order valence-electron chi connectivity index (χ2n) is 4.57. The molecule has 6 nitrogen and oxygen atoms in total. The quantitative estimate of drug-likeness (QED) is 0.529. The molecule has 16 heavy (non-hydrogen) atoms.